The summed E-state index contributed by atoms with van der Waals surface area (Å²) in [7, 11) is 2.08. The van der Waals surface area contributed by atoms with Crippen LogP contribution >= 0.6 is 0 Å². The van der Waals surface area contributed by atoms with Crippen molar-refractivity contribution >= 4 is 0 Å². The molecule has 1 N–H and O–H groups in total. The van der Waals surface area contributed by atoms with Crippen LogP contribution in [0.4, 0.5) is 0 Å². The zero-order valence-corrected chi connectivity index (χ0v) is 13.6. The van der Waals surface area contributed by atoms with Gasteiger partial charge in [0.2, 0.25) is 0 Å². The van der Waals surface area contributed by atoms with Crippen molar-refractivity contribution in [2.24, 2.45) is 5.41 Å². The van der Waals surface area contributed by atoms with Gasteiger partial charge in [0.1, 0.15) is 0 Å². The van der Waals surface area contributed by atoms with Crippen LogP contribution in [0, 0.1) is 5.41 Å². The largest absolute Gasteiger partial charge is 0.312 e. The molecular formula is C18H30N2. The van der Waals surface area contributed by atoms with Gasteiger partial charge >= 0.3 is 0 Å². The van der Waals surface area contributed by atoms with E-state index in [9.17, 15) is 0 Å². The molecule has 0 spiro atoms. The maximum Gasteiger partial charge on any atom is 0.0446 e. The van der Waals surface area contributed by atoms with Crippen LogP contribution in [0.25, 0.3) is 0 Å². The molecule has 20 heavy (non-hydrogen) atoms. The van der Waals surface area contributed by atoms with Crippen molar-refractivity contribution in [3.8, 4) is 0 Å². The Hall–Kier alpha value is -0.860. The van der Waals surface area contributed by atoms with Crippen molar-refractivity contribution in [2.45, 2.75) is 46.1 Å². The number of rotatable bonds is 5. The molecule has 0 aromatic heterocycles. The monoisotopic (exact) mass is 274 g/mol. The molecule has 1 aromatic rings. The highest BCUT2D eigenvalue weighted by molar-refractivity contribution is 5.25. The number of nitrogens with zero attached hydrogens (tertiary/aromatic N) is 1. The van der Waals surface area contributed by atoms with E-state index in [4.69, 9.17) is 0 Å². The van der Waals surface area contributed by atoms with Crippen LogP contribution in [-0.2, 0) is 6.42 Å². The predicted molar refractivity (Wildman–Crippen MR) is 87.1 cm³/mol. The van der Waals surface area contributed by atoms with Gasteiger partial charge in [-0.15, -0.1) is 0 Å². The summed E-state index contributed by atoms with van der Waals surface area (Å²) in [6.45, 7) is 10.6. The fourth-order valence-electron chi connectivity index (χ4n) is 2.95. The van der Waals surface area contributed by atoms with E-state index in [0.29, 0.717) is 11.5 Å². The lowest BCUT2D eigenvalue weighted by atomic mass is 9.82. The molecule has 0 bridgehead atoms. The Morgan fingerprint density at radius 3 is 2.25 bits per heavy atom. The zero-order valence-electron chi connectivity index (χ0n) is 13.6. The third-order valence-electron chi connectivity index (χ3n) is 4.79. The molecule has 1 fully saturated rings. The minimum absolute atomic E-state index is 0.446. The number of piperidine rings is 1. The van der Waals surface area contributed by atoms with Crippen LogP contribution in [0.5, 0.6) is 0 Å². The summed E-state index contributed by atoms with van der Waals surface area (Å²) in [5.74, 6) is 0. The normalized spacial score (nSPS) is 20.8. The second-order valence-electron chi connectivity index (χ2n) is 6.90. The summed E-state index contributed by atoms with van der Waals surface area (Å²) < 4.78 is 0. The maximum absolute atomic E-state index is 3.48. The van der Waals surface area contributed by atoms with Crippen molar-refractivity contribution in [3.63, 3.8) is 0 Å². The number of aryl methyl sites for hydroxylation is 1. The first kappa shape index (κ1) is 15.5. The van der Waals surface area contributed by atoms with Crippen molar-refractivity contribution in [2.75, 3.05) is 26.7 Å². The first-order valence-corrected chi connectivity index (χ1v) is 8.02. The number of likely N-dealkylation sites (tertiary alicyclic amines) is 1. The molecule has 112 valence electrons. The Bertz CT molecular complexity index is 398. The van der Waals surface area contributed by atoms with Gasteiger partial charge in [-0.1, -0.05) is 45.0 Å². The topological polar surface area (TPSA) is 15.3 Å². The summed E-state index contributed by atoms with van der Waals surface area (Å²) in [5, 5.41) is 3.48. The van der Waals surface area contributed by atoms with E-state index in [1.165, 1.54) is 37.1 Å². The van der Waals surface area contributed by atoms with E-state index in [2.05, 4.69) is 62.3 Å². The van der Waals surface area contributed by atoms with Gasteiger partial charge in [0.15, 0.2) is 0 Å². The predicted octanol–water partition coefficient (Wildman–Crippen LogP) is 3.63. The Balaban J connectivity index is 1.95. The Kier molecular flexibility index (Phi) is 5.22. The highest BCUT2D eigenvalue weighted by Crippen LogP contribution is 2.30. The third-order valence-corrected chi connectivity index (χ3v) is 4.79. The van der Waals surface area contributed by atoms with Gasteiger partial charge in [-0.05, 0) is 55.9 Å². The Morgan fingerprint density at radius 1 is 1.15 bits per heavy atom. The first-order chi connectivity index (χ1) is 9.54. The van der Waals surface area contributed by atoms with Gasteiger partial charge in [0.25, 0.3) is 0 Å². The summed E-state index contributed by atoms with van der Waals surface area (Å²) in [6.07, 6.45) is 3.75. The fraction of sp³-hybridized carbons (Fsp3) is 0.667. The molecule has 0 radical (unpaired) electrons. The van der Waals surface area contributed by atoms with Crippen molar-refractivity contribution in [3.05, 3.63) is 35.4 Å². The summed E-state index contributed by atoms with van der Waals surface area (Å²) in [6, 6.07) is 9.54. The van der Waals surface area contributed by atoms with E-state index < -0.39 is 0 Å². The van der Waals surface area contributed by atoms with Crippen LogP contribution < -0.4 is 5.32 Å². The van der Waals surface area contributed by atoms with E-state index in [0.717, 1.165) is 13.0 Å². The van der Waals surface area contributed by atoms with Crippen LogP contribution in [0.15, 0.2) is 24.3 Å². The highest BCUT2D eigenvalue weighted by Gasteiger charge is 2.26. The molecule has 2 heteroatoms. The van der Waals surface area contributed by atoms with Gasteiger partial charge in [-0.3, -0.25) is 0 Å². The fourth-order valence-corrected chi connectivity index (χ4v) is 2.95. The first-order valence-electron chi connectivity index (χ1n) is 8.02. The molecule has 0 amide bonds. The van der Waals surface area contributed by atoms with E-state index in [1.807, 2.05) is 0 Å². The van der Waals surface area contributed by atoms with Gasteiger partial charge in [0, 0.05) is 12.6 Å². The molecule has 2 nitrogen and oxygen atoms in total. The van der Waals surface area contributed by atoms with Gasteiger partial charge < -0.3 is 10.2 Å². The van der Waals surface area contributed by atoms with Gasteiger partial charge in [-0.2, -0.15) is 0 Å². The molecule has 1 unspecified atom stereocenters. The third kappa shape index (κ3) is 4.07. The number of hydrogen-bond donors (Lipinski definition) is 1. The molecular weight excluding hydrogens is 244 g/mol. The second kappa shape index (κ2) is 6.73. The summed E-state index contributed by atoms with van der Waals surface area (Å²) in [5.41, 5.74) is 3.37. The van der Waals surface area contributed by atoms with Crippen molar-refractivity contribution in [1.29, 1.82) is 0 Å². The minimum Gasteiger partial charge on any atom is -0.312 e. The molecule has 2 rings (SSSR count). The number of benzene rings is 1. The SMILES string of the molecule is CCc1ccc(C(CN2CCC(C)(C)CC2)NC)cc1. The number of likely N-dealkylation sites (N-methyl/N-ethyl adjacent to an activating group) is 1. The lowest BCUT2D eigenvalue weighted by Crippen LogP contribution is -2.41. The lowest BCUT2D eigenvalue weighted by molar-refractivity contribution is 0.123. The van der Waals surface area contributed by atoms with Gasteiger partial charge in [0.05, 0.1) is 0 Å². The number of nitrogens with one attached hydrogen (secondary N) is 1. The van der Waals surface area contributed by atoms with Crippen LogP contribution in [0.2, 0.25) is 0 Å². The van der Waals surface area contributed by atoms with Crippen LogP contribution in [0.1, 0.15) is 50.8 Å². The van der Waals surface area contributed by atoms with Crippen molar-refractivity contribution < 1.29 is 0 Å². The highest BCUT2D eigenvalue weighted by atomic mass is 15.2. The van der Waals surface area contributed by atoms with Gasteiger partial charge in [-0.25, -0.2) is 0 Å². The van der Waals surface area contributed by atoms with Crippen LogP contribution in [-0.4, -0.2) is 31.6 Å². The molecule has 0 aliphatic carbocycles. The van der Waals surface area contributed by atoms with E-state index in [1.54, 1.807) is 0 Å². The molecule has 0 saturated carbocycles. The Morgan fingerprint density at radius 2 is 1.75 bits per heavy atom. The second-order valence-corrected chi connectivity index (χ2v) is 6.90. The number of hydrogen-bond acceptors (Lipinski definition) is 2. The average molecular weight is 274 g/mol. The molecule has 1 atom stereocenters. The zero-order chi connectivity index (χ0) is 14.6. The quantitative estimate of drug-likeness (QED) is 0.882. The molecule has 1 heterocycles. The molecule has 1 aliphatic heterocycles. The molecule has 1 aliphatic rings. The van der Waals surface area contributed by atoms with E-state index >= 15 is 0 Å². The Labute approximate surface area is 124 Å². The average Bonchev–Trinajstić information content (AvgIpc) is 2.46. The summed E-state index contributed by atoms with van der Waals surface area (Å²) >= 11 is 0. The summed E-state index contributed by atoms with van der Waals surface area (Å²) in [4.78, 5) is 2.61. The smallest absolute Gasteiger partial charge is 0.0446 e. The van der Waals surface area contributed by atoms with E-state index in [-0.39, 0.29) is 0 Å². The molecule has 1 saturated heterocycles. The lowest BCUT2D eigenvalue weighted by Gasteiger charge is -2.38. The standard InChI is InChI=1S/C18H30N2/c1-5-15-6-8-16(9-7-15)17(19-4)14-20-12-10-18(2,3)11-13-20/h6-9,17,19H,5,10-14H2,1-4H3. The minimum atomic E-state index is 0.446. The van der Waals surface area contributed by atoms with Crippen LogP contribution in [0.3, 0.4) is 0 Å². The van der Waals surface area contributed by atoms with Crippen molar-refractivity contribution in [1.82, 2.24) is 10.2 Å². The maximum atomic E-state index is 3.48. The molecule has 1 aromatic carbocycles.